The Morgan fingerprint density at radius 3 is 2.33 bits per heavy atom. The molecule has 0 bridgehead atoms. The van der Waals surface area contributed by atoms with Gasteiger partial charge in [-0.3, -0.25) is 4.79 Å². The summed E-state index contributed by atoms with van der Waals surface area (Å²) in [4.78, 5) is 10.7. The van der Waals surface area contributed by atoms with Crippen LogP contribution in [0.1, 0.15) is 21.5 Å². The van der Waals surface area contributed by atoms with Crippen molar-refractivity contribution in [2.45, 2.75) is 6.42 Å². The van der Waals surface area contributed by atoms with Crippen LogP contribution in [0.3, 0.4) is 0 Å². The molecular formula is C15H13ClO2. The van der Waals surface area contributed by atoms with E-state index in [4.69, 9.17) is 16.3 Å². The van der Waals surface area contributed by atoms with Crippen LogP contribution in [0.15, 0.2) is 42.5 Å². The van der Waals surface area contributed by atoms with Gasteiger partial charge in [0, 0.05) is 5.56 Å². The van der Waals surface area contributed by atoms with Gasteiger partial charge in [-0.15, -0.1) is 0 Å². The minimum absolute atomic E-state index is 0.496. The predicted molar refractivity (Wildman–Crippen MR) is 72.6 cm³/mol. The first kappa shape index (κ1) is 12.7. The zero-order valence-electron chi connectivity index (χ0n) is 10.0. The highest BCUT2D eigenvalue weighted by Gasteiger charge is 2.02. The summed E-state index contributed by atoms with van der Waals surface area (Å²) >= 11 is 5.99. The fraction of sp³-hybridized carbons (Fsp3) is 0.133. The van der Waals surface area contributed by atoms with Gasteiger partial charge in [-0.2, -0.15) is 0 Å². The van der Waals surface area contributed by atoms with E-state index in [0.29, 0.717) is 10.6 Å². The van der Waals surface area contributed by atoms with Crippen LogP contribution < -0.4 is 4.74 Å². The third kappa shape index (κ3) is 2.90. The Kier molecular flexibility index (Phi) is 4.00. The summed E-state index contributed by atoms with van der Waals surface area (Å²) in [5.74, 6) is 0.841. The summed E-state index contributed by atoms with van der Waals surface area (Å²) in [6, 6.07) is 13.4. The molecule has 0 aromatic heterocycles. The first-order valence-corrected chi connectivity index (χ1v) is 5.97. The molecule has 0 radical (unpaired) electrons. The van der Waals surface area contributed by atoms with Crippen LogP contribution in [-0.2, 0) is 6.42 Å². The number of halogens is 1. The summed E-state index contributed by atoms with van der Waals surface area (Å²) < 4.78 is 5.11. The average Bonchev–Trinajstić information content (AvgIpc) is 2.40. The Hall–Kier alpha value is -1.80. The highest BCUT2D eigenvalue weighted by molar-refractivity contribution is 6.33. The van der Waals surface area contributed by atoms with Crippen molar-refractivity contribution in [2.75, 3.05) is 7.11 Å². The lowest BCUT2D eigenvalue weighted by molar-refractivity contribution is 0.112. The van der Waals surface area contributed by atoms with Crippen LogP contribution in [0.2, 0.25) is 5.02 Å². The number of rotatable bonds is 4. The van der Waals surface area contributed by atoms with Gasteiger partial charge in [-0.1, -0.05) is 29.8 Å². The van der Waals surface area contributed by atoms with E-state index in [0.717, 1.165) is 24.0 Å². The van der Waals surface area contributed by atoms with Gasteiger partial charge in [0.2, 0.25) is 0 Å². The van der Waals surface area contributed by atoms with E-state index in [1.807, 2.05) is 36.4 Å². The molecule has 3 heteroatoms. The lowest BCUT2D eigenvalue weighted by Crippen LogP contribution is -1.91. The minimum atomic E-state index is 0.496. The molecule has 0 amide bonds. The van der Waals surface area contributed by atoms with Crippen LogP contribution in [0, 0.1) is 0 Å². The van der Waals surface area contributed by atoms with Crippen molar-refractivity contribution in [1.82, 2.24) is 0 Å². The van der Waals surface area contributed by atoms with Gasteiger partial charge >= 0.3 is 0 Å². The normalized spacial score (nSPS) is 10.1. The number of benzene rings is 2. The summed E-state index contributed by atoms with van der Waals surface area (Å²) in [5, 5.41) is 0.496. The molecule has 0 aliphatic heterocycles. The second-order valence-corrected chi connectivity index (χ2v) is 4.41. The van der Waals surface area contributed by atoms with Crippen molar-refractivity contribution < 1.29 is 9.53 Å². The molecule has 2 rings (SSSR count). The van der Waals surface area contributed by atoms with Crippen LogP contribution in [-0.4, -0.2) is 13.4 Å². The van der Waals surface area contributed by atoms with E-state index < -0.39 is 0 Å². The molecule has 0 atom stereocenters. The Bertz CT molecular complexity index is 547. The van der Waals surface area contributed by atoms with Gasteiger partial charge in [-0.25, -0.2) is 0 Å². The van der Waals surface area contributed by atoms with E-state index in [1.165, 1.54) is 5.56 Å². The van der Waals surface area contributed by atoms with Gasteiger partial charge < -0.3 is 4.74 Å². The Labute approximate surface area is 111 Å². The first-order valence-electron chi connectivity index (χ1n) is 5.59. The van der Waals surface area contributed by atoms with Crippen molar-refractivity contribution in [3.63, 3.8) is 0 Å². The summed E-state index contributed by atoms with van der Waals surface area (Å²) in [5.41, 5.74) is 2.77. The number of ether oxygens (including phenoxy) is 1. The number of methoxy groups -OCH3 is 1. The molecule has 2 aromatic rings. The maximum atomic E-state index is 10.7. The number of hydrogen-bond donors (Lipinski definition) is 0. The Morgan fingerprint density at radius 1 is 1.11 bits per heavy atom. The van der Waals surface area contributed by atoms with Gasteiger partial charge in [-0.05, 0) is 41.8 Å². The van der Waals surface area contributed by atoms with Gasteiger partial charge in [0.1, 0.15) is 5.75 Å². The van der Waals surface area contributed by atoms with E-state index in [2.05, 4.69) is 0 Å². The topological polar surface area (TPSA) is 26.3 Å². The molecule has 18 heavy (non-hydrogen) atoms. The number of aldehydes is 1. The molecular weight excluding hydrogens is 248 g/mol. The Morgan fingerprint density at radius 2 is 1.78 bits per heavy atom. The van der Waals surface area contributed by atoms with E-state index in [1.54, 1.807) is 13.2 Å². The second-order valence-electron chi connectivity index (χ2n) is 4.00. The Balaban J connectivity index is 2.17. The van der Waals surface area contributed by atoms with Crippen molar-refractivity contribution in [1.29, 1.82) is 0 Å². The molecule has 0 unspecified atom stereocenters. The number of hydrogen-bond acceptors (Lipinski definition) is 2. The highest BCUT2D eigenvalue weighted by Crippen LogP contribution is 2.19. The van der Waals surface area contributed by atoms with Crippen molar-refractivity contribution in [2.24, 2.45) is 0 Å². The monoisotopic (exact) mass is 260 g/mol. The smallest absolute Gasteiger partial charge is 0.151 e. The largest absolute Gasteiger partial charge is 0.497 e. The van der Waals surface area contributed by atoms with Gasteiger partial charge in [0.15, 0.2) is 6.29 Å². The average molecular weight is 261 g/mol. The number of carbonyl (C=O) groups is 1. The SMILES string of the molecule is COc1ccc(Cc2ccc(C=O)c(Cl)c2)cc1. The van der Waals surface area contributed by atoms with E-state index in [-0.39, 0.29) is 0 Å². The lowest BCUT2D eigenvalue weighted by atomic mass is 10.0. The maximum absolute atomic E-state index is 10.7. The molecule has 0 saturated heterocycles. The van der Waals surface area contributed by atoms with Crippen LogP contribution in [0.4, 0.5) is 0 Å². The summed E-state index contributed by atoms with van der Waals surface area (Å²) in [7, 11) is 1.65. The molecule has 0 aliphatic rings. The quantitative estimate of drug-likeness (QED) is 0.783. The van der Waals surface area contributed by atoms with Gasteiger partial charge in [0.05, 0.1) is 12.1 Å². The fourth-order valence-corrected chi connectivity index (χ4v) is 2.00. The van der Waals surface area contributed by atoms with Crippen LogP contribution in [0.25, 0.3) is 0 Å². The van der Waals surface area contributed by atoms with Crippen molar-refractivity contribution in [3.8, 4) is 5.75 Å². The molecule has 92 valence electrons. The predicted octanol–water partition coefficient (Wildman–Crippen LogP) is 3.75. The molecule has 0 heterocycles. The third-order valence-corrected chi connectivity index (χ3v) is 3.09. The molecule has 0 spiro atoms. The lowest BCUT2D eigenvalue weighted by Gasteiger charge is -2.05. The van der Waals surface area contributed by atoms with E-state index in [9.17, 15) is 4.79 Å². The van der Waals surface area contributed by atoms with Gasteiger partial charge in [0.25, 0.3) is 0 Å². The van der Waals surface area contributed by atoms with E-state index >= 15 is 0 Å². The summed E-state index contributed by atoms with van der Waals surface area (Å²) in [6.07, 6.45) is 1.54. The minimum Gasteiger partial charge on any atom is -0.497 e. The zero-order valence-corrected chi connectivity index (χ0v) is 10.8. The second kappa shape index (κ2) is 5.69. The molecule has 0 saturated carbocycles. The molecule has 2 aromatic carbocycles. The number of carbonyl (C=O) groups excluding carboxylic acids is 1. The van der Waals surface area contributed by atoms with Crippen LogP contribution >= 0.6 is 11.6 Å². The summed E-state index contributed by atoms with van der Waals surface area (Å²) in [6.45, 7) is 0. The molecule has 0 aliphatic carbocycles. The highest BCUT2D eigenvalue weighted by atomic mass is 35.5. The molecule has 0 fully saturated rings. The maximum Gasteiger partial charge on any atom is 0.151 e. The first-order chi connectivity index (χ1) is 8.72. The third-order valence-electron chi connectivity index (χ3n) is 2.76. The molecule has 0 N–H and O–H groups in total. The fourth-order valence-electron chi connectivity index (χ4n) is 1.76. The van der Waals surface area contributed by atoms with Crippen molar-refractivity contribution >= 4 is 17.9 Å². The molecule has 2 nitrogen and oxygen atoms in total. The zero-order chi connectivity index (χ0) is 13.0. The van der Waals surface area contributed by atoms with Crippen molar-refractivity contribution in [3.05, 3.63) is 64.2 Å². The standard InChI is InChI=1S/C15H13ClO2/c1-18-14-6-3-11(4-7-14)8-12-2-5-13(10-17)15(16)9-12/h2-7,9-10H,8H2,1H3. The van der Waals surface area contributed by atoms with Crippen LogP contribution in [0.5, 0.6) is 5.75 Å².